The number of amides is 2. The molecule has 2 amide bonds. The molecule has 2 heterocycles. The van der Waals surface area contributed by atoms with Gasteiger partial charge in [0.1, 0.15) is 0 Å². The highest BCUT2D eigenvalue weighted by Crippen LogP contribution is 2.44. The molecule has 3 aromatic rings. The normalized spacial score (nSPS) is 20.0. The first-order valence-electron chi connectivity index (χ1n) is 11.5. The molecule has 1 unspecified atom stereocenters. The number of fused-ring (bicyclic) bond motifs is 1. The first-order valence-corrected chi connectivity index (χ1v) is 11.5. The number of primary amides is 1. The first kappa shape index (κ1) is 20.7. The van der Waals surface area contributed by atoms with Crippen molar-refractivity contribution in [2.75, 3.05) is 13.1 Å². The van der Waals surface area contributed by atoms with E-state index in [4.69, 9.17) is 10.7 Å². The number of carbonyl (C=O) groups excluding carboxylic acids is 2. The zero-order chi connectivity index (χ0) is 22.3. The average Bonchev–Trinajstić information content (AvgIpc) is 3.49. The third kappa shape index (κ3) is 3.46. The molecule has 1 aromatic heterocycles. The molecular weight excluding hydrogens is 398 g/mol. The summed E-state index contributed by atoms with van der Waals surface area (Å²) >= 11 is 0. The number of aromatic nitrogens is 1. The Balaban J connectivity index is 1.43. The van der Waals surface area contributed by atoms with Gasteiger partial charge in [-0.1, -0.05) is 60.9 Å². The van der Waals surface area contributed by atoms with Gasteiger partial charge in [-0.25, -0.2) is 0 Å². The average molecular weight is 428 g/mol. The fourth-order valence-electron chi connectivity index (χ4n) is 5.57. The summed E-state index contributed by atoms with van der Waals surface area (Å²) in [4.78, 5) is 32.8. The molecule has 2 aliphatic rings. The molecule has 2 fully saturated rings. The molecule has 1 aliphatic carbocycles. The number of hydrogen-bond acceptors (Lipinski definition) is 3. The van der Waals surface area contributed by atoms with Crippen LogP contribution in [-0.2, 0) is 10.2 Å². The minimum Gasteiger partial charge on any atom is -0.366 e. The van der Waals surface area contributed by atoms with Crippen molar-refractivity contribution in [1.82, 2.24) is 9.88 Å². The number of nitrogens with zero attached hydrogens (tertiary/aromatic N) is 2. The van der Waals surface area contributed by atoms with Crippen molar-refractivity contribution in [2.45, 2.75) is 50.4 Å². The lowest BCUT2D eigenvalue weighted by molar-refractivity contribution is -0.136. The Morgan fingerprint density at radius 2 is 1.78 bits per heavy atom. The van der Waals surface area contributed by atoms with E-state index in [1.807, 2.05) is 35.2 Å². The minimum atomic E-state index is -0.444. The van der Waals surface area contributed by atoms with E-state index in [2.05, 4.69) is 31.2 Å². The smallest absolute Gasteiger partial charge is 0.249 e. The molecule has 1 aliphatic heterocycles. The Morgan fingerprint density at radius 1 is 1.06 bits per heavy atom. The Bertz CT molecular complexity index is 1180. The molecule has 0 bridgehead atoms. The minimum absolute atomic E-state index is 0.109. The van der Waals surface area contributed by atoms with E-state index in [0.29, 0.717) is 12.1 Å². The van der Waals surface area contributed by atoms with Crippen molar-refractivity contribution in [2.24, 2.45) is 5.73 Å². The third-order valence-electron chi connectivity index (χ3n) is 7.37. The SMILES string of the molecule is Cc1ccc(C2(C(=O)N3CCC(c4cc(C(N)=O)c5ccccc5n4)C3)CCCC2)cc1. The summed E-state index contributed by atoms with van der Waals surface area (Å²) < 4.78 is 0. The zero-order valence-electron chi connectivity index (χ0n) is 18.5. The Morgan fingerprint density at radius 3 is 2.50 bits per heavy atom. The summed E-state index contributed by atoms with van der Waals surface area (Å²) in [6.45, 7) is 3.43. The fourth-order valence-corrected chi connectivity index (χ4v) is 5.57. The fraction of sp³-hybridized carbons (Fsp3) is 0.370. The number of para-hydroxylation sites is 1. The van der Waals surface area contributed by atoms with Crippen LogP contribution in [0.4, 0.5) is 0 Å². The van der Waals surface area contributed by atoms with Gasteiger partial charge in [-0.2, -0.15) is 0 Å². The maximum atomic E-state index is 13.9. The maximum absolute atomic E-state index is 13.9. The number of nitrogens with two attached hydrogens (primary N) is 1. The Kier molecular flexibility index (Phi) is 5.20. The highest BCUT2D eigenvalue weighted by atomic mass is 16.2. The van der Waals surface area contributed by atoms with Gasteiger partial charge in [0.2, 0.25) is 11.8 Å². The van der Waals surface area contributed by atoms with E-state index >= 15 is 0 Å². The van der Waals surface area contributed by atoms with Gasteiger partial charge in [0.15, 0.2) is 0 Å². The summed E-state index contributed by atoms with van der Waals surface area (Å²) in [6.07, 6.45) is 4.85. The summed E-state index contributed by atoms with van der Waals surface area (Å²) in [5, 5.41) is 0.777. The monoisotopic (exact) mass is 427 g/mol. The highest BCUT2D eigenvalue weighted by Gasteiger charge is 2.46. The van der Waals surface area contributed by atoms with Crippen LogP contribution in [0.3, 0.4) is 0 Å². The molecule has 32 heavy (non-hydrogen) atoms. The molecule has 164 valence electrons. The van der Waals surface area contributed by atoms with Gasteiger partial charge in [-0.05, 0) is 43.9 Å². The van der Waals surface area contributed by atoms with Crippen LogP contribution in [0.1, 0.15) is 65.2 Å². The van der Waals surface area contributed by atoms with Crippen LogP contribution in [0.15, 0.2) is 54.6 Å². The van der Waals surface area contributed by atoms with Crippen LogP contribution in [0.2, 0.25) is 0 Å². The number of pyridine rings is 1. The van der Waals surface area contributed by atoms with Gasteiger partial charge in [0, 0.05) is 30.1 Å². The van der Waals surface area contributed by atoms with Crippen LogP contribution < -0.4 is 5.73 Å². The summed E-state index contributed by atoms with van der Waals surface area (Å²) in [5.41, 5.74) is 9.75. The molecule has 1 saturated heterocycles. The van der Waals surface area contributed by atoms with Crippen molar-refractivity contribution >= 4 is 22.7 Å². The largest absolute Gasteiger partial charge is 0.366 e. The van der Waals surface area contributed by atoms with Gasteiger partial charge < -0.3 is 10.6 Å². The van der Waals surface area contributed by atoms with Crippen molar-refractivity contribution < 1.29 is 9.59 Å². The van der Waals surface area contributed by atoms with E-state index in [-0.39, 0.29) is 11.8 Å². The quantitative estimate of drug-likeness (QED) is 0.667. The van der Waals surface area contributed by atoms with Crippen LogP contribution in [0, 0.1) is 6.92 Å². The summed E-state index contributed by atoms with van der Waals surface area (Å²) in [6, 6.07) is 17.9. The van der Waals surface area contributed by atoms with E-state index in [1.54, 1.807) is 0 Å². The zero-order valence-corrected chi connectivity index (χ0v) is 18.5. The lowest BCUT2D eigenvalue weighted by Crippen LogP contribution is -2.44. The van der Waals surface area contributed by atoms with Gasteiger partial charge in [-0.15, -0.1) is 0 Å². The van der Waals surface area contributed by atoms with Crippen LogP contribution in [-0.4, -0.2) is 34.8 Å². The lowest BCUT2D eigenvalue weighted by Gasteiger charge is -2.33. The molecule has 5 heteroatoms. The number of likely N-dealkylation sites (tertiary alicyclic amines) is 1. The molecule has 1 saturated carbocycles. The van der Waals surface area contributed by atoms with Gasteiger partial charge >= 0.3 is 0 Å². The summed E-state index contributed by atoms with van der Waals surface area (Å²) in [7, 11) is 0. The number of hydrogen-bond donors (Lipinski definition) is 1. The maximum Gasteiger partial charge on any atom is 0.249 e. The van der Waals surface area contributed by atoms with E-state index in [9.17, 15) is 9.59 Å². The molecule has 0 spiro atoms. The van der Waals surface area contributed by atoms with Crippen molar-refractivity contribution in [1.29, 1.82) is 0 Å². The summed E-state index contributed by atoms with van der Waals surface area (Å²) in [5.74, 6) is -0.0875. The van der Waals surface area contributed by atoms with Gasteiger partial charge in [0.25, 0.3) is 0 Å². The molecule has 5 nitrogen and oxygen atoms in total. The second-order valence-corrected chi connectivity index (χ2v) is 9.37. The van der Waals surface area contributed by atoms with E-state index < -0.39 is 11.3 Å². The topological polar surface area (TPSA) is 76.3 Å². The molecule has 5 rings (SSSR count). The Labute approximate surface area is 188 Å². The second-order valence-electron chi connectivity index (χ2n) is 9.37. The van der Waals surface area contributed by atoms with Crippen molar-refractivity contribution in [3.63, 3.8) is 0 Å². The Hall–Kier alpha value is -3.21. The predicted molar refractivity (Wildman–Crippen MR) is 126 cm³/mol. The number of rotatable bonds is 4. The van der Waals surface area contributed by atoms with Crippen LogP contribution in [0.5, 0.6) is 0 Å². The predicted octanol–water partition coefficient (Wildman–Crippen LogP) is 4.47. The molecule has 2 aromatic carbocycles. The van der Waals surface area contributed by atoms with E-state index in [0.717, 1.165) is 60.8 Å². The number of aryl methyl sites for hydroxylation is 1. The lowest BCUT2D eigenvalue weighted by atomic mass is 9.77. The highest BCUT2D eigenvalue weighted by molar-refractivity contribution is 6.05. The second kappa shape index (κ2) is 8.05. The van der Waals surface area contributed by atoms with Crippen LogP contribution >= 0.6 is 0 Å². The van der Waals surface area contributed by atoms with Crippen molar-refractivity contribution in [3.05, 3.63) is 77.0 Å². The van der Waals surface area contributed by atoms with Gasteiger partial charge in [0.05, 0.1) is 16.5 Å². The molecular formula is C27H29N3O2. The molecule has 1 atom stereocenters. The van der Waals surface area contributed by atoms with Crippen molar-refractivity contribution in [3.8, 4) is 0 Å². The standard InChI is InChI=1S/C27H29N3O2/c1-18-8-10-20(11-9-18)27(13-4-5-14-27)26(32)30-15-12-19(17-30)24-16-22(25(28)31)21-6-2-3-7-23(21)29-24/h2-3,6-11,16,19H,4-5,12-15,17H2,1H3,(H2,28,31). The van der Waals surface area contributed by atoms with Gasteiger partial charge in [-0.3, -0.25) is 14.6 Å². The van der Waals surface area contributed by atoms with E-state index in [1.165, 1.54) is 5.56 Å². The first-order chi connectivity index (χ1) is 15.5. The third-order valence-corrected chi connectivity index (χ3v) is 7.37. The number of carbonyl (C=O) groups is 2. The molecule has 2 N–H and O–H groups in total. The molecule has 0 radical (unpaired) electrons. The van der Waals surface area contributed by atoms with Crippen LogP contribution in [0.25, 0.3) is 10.9 Å². The number of benzene rings is 2.